The molecule has 0 unspecified atom stereocenters. The highest BCUT2D eigenvalue weighted by atomic mass is 35.5. The predicted octanol–water partition coefficient (Wildman–Crippen LogP) is 4.85. The third-order valence-electron chi connectivity index (χ3n) is 2.48. The Labute approximate surface area is 117 Å². The lowest BCUT2D eigenvalue weighted by molar-refractivity contribution is 0.631. The molecule has 0 N–H and O–H groups in total. The summed E-state index contributed by atoms with van der Waals surface area (Å²) in [4.78, 5) is 0. The van der Waals surface area contributed by atoms with Crippen LogP contribution in [-0.4, -0.2) is 10.2 Å². The Morgan fingerprint density at radius 2 is 1.83 bits per heavy atom. The molecule has 0 atom stereocenters. The zero-order valence-corrected chi connectivity index (χ0v) is 11.1. The van der Waals surface area contributed by atoms with Crippen LogP contribution in [0.5, 0.6) is 0 Å². The fourth-order valence-electron chi connectivity index (χ4n) is 1.69. The molecule has 0 bridgehead atoms. The molecule has 0 aliphatic carbocycles. The number of hydrogen-bond acceptors (Lipinski definition) is 3. The standard InChI is InChI=1S/C12H5Cl3N2O/c13-8-3-1-2-6-4-9(18-11(6)8)7-5-10(14)16-17-12(7)15/h1-5H. The van der Waals surface area contributed by atoms with Crippen molar-refractivity contribution in [1.29, 1.82) is 0 Å². The van der Waals surface area contributed by atoms with Gasteiger partial charge in [0.1, 0.15) is 5.76 Å². The molecule has 90 valence electrons. The van der Waals surface area contributed by atoms with Crippen LogP contribution < -0.4 is 0 Å². The van der Waals surface area contributed by atoms with Crippen molar-refractivity contribution in [2.45, 2.75) is 0 Å². The first-order chi connectivity index (χ1) is 8.65. The molecule has 3 nitrogen and oxygen atoms in total. The fourth-order valence-corrected chi connectivity index (χ4v) is 2.24. The number of para-hydroxylation sites is 1. The minimum Gasteiger partial charge on any atom is -0.454 e. The SMILES string of the molecule is Clc1cc(-c2cc3cccc(Cl)c3o2)c(Cl)nn1. The molecular formula is C12H5Cl3N2O. The fraction of sp³-hybridized carbons (Fsp3) is 0. The monoisotopic (exact) mass is 298 g/mol. The Hall–Kier alpha value is -1.29. The molecule has 6 heteroatoms. The summed E-state index contributed by atoms with van der Waals surface area (Å²) in [6.45, 7) is 0. The summed E-state index contributed by atoms with van der Waals surface area (Å²) in [7, 11) is 0. The van der Waals surface area contributed by atoms with Crippen LogP contribution in [0, 0.1) is 0 Å². The molecule has 3 rings (SSSR count). The van der Waals surface area contributed by atoms with Crippen LogP contribution in [0.25, 0.3) is 22.3 Å². The molecule has 0 aliphatic heterocycles. The summed E-state index contributed by atoms with van der Waals surface area (Å²) < 4.78 is 5.68. The third kappa shape index (κ3) is 1.94. The second-order valence-corrected chi connectivity index (χ2v) is 4.79. The molecule has 0 saturated heterocycles. The minimum atomic E-state index is 0.231. The molecule has 1 aromatic carbocycles. The van der Waals surface area contributed by atoms with E-state index in [9.17, 15) is 0 Å². The molecule has 3 aromatic rings. The maximum atomic E-state index is 6.05. The lowest BCUT2D eigenvalue weighted by atomic mass is 10.2. The summed E-state index contributed by atoms with van der Waals surface area (Å²) in [6.07, 6.45) is 0. The van der Waals surface area contributed by atoms with E-state index in [0.29, 0.717) is 21.9 Å². The number of fused-ring (bicyclic) bond motifs is 1. The van der Waals surface area contributed by atoms with Crippen LogP contribution in [0.15, 0.2) is 34.7 Å². The van der Waals surface area contributed by atoms with E-state index in [1.165, 1.54) is 0 Å². The van der Waals surface area contributed by atoms with E-state index < -0.39 is 0 Å². The van der Waals surface area contributed by atoms with Crippen LogP contribution >= 0.6 is 34.8 Å². The van der Waals surface area contributed by atoms with Crippen molar-refractivity contribution in [2.75, 3.05) is 0 Å². The zero-order valence-electron chi connectivity index (χ0n) is 8.82. The largest absolute Gasteiger partial charge is 0.454 e. The van der Waals surface area contributed by atoms with Gasteiger partial charge >= 0.3 is 0 Å². The van der Waals surface area contributed by atoms with Crippen LogP contribution in [-0.2, 0) is 0 Å². The Bertz CT molecular complexity index is 739. The quantitative estimate of drug-likeness (QED) is 0.644. The van der Waals surface area contributed by atoms with Crippen molar-refractivity contribution >= 4 is 45.8 Å². The number of nitrogens with zero attached hydrogens (tertiary/aromatic N) is 2. The summed E-state index contributed by atoms with van der Waals surface area (Å²) in [5, 5.41) is 9.31. The van der Waals surface area contributed by atoms with Crippen LogP contribution in [0.3, 0.4) is 0 Å². The van der Waals surface area contributed by atoms with Crippen molar-refractivity contribution in [3.63, 3.8) is 0 Å². The third-order valence-corrected chi connectivity index (χ3v) is 3.24. The number of furan rings is 1. The van der Waals surface area contributed by atoms with Crippen LogP contribution in [0.1, 0.15) is 0 Å². The first-order valence-electron chi connectivity index (χ1n) is 5.02. The number of halogens is 3. The van der Waals surface area contributed by atoms with Crippen molar-refractivity contribution in [3.8, 4) is 11.3 Å². The smallest absolute Gasteiger partial charge is 0.162 e. The van der Waals surface area contributed by atoms with Gasteiger partial charge in [0.05, 0.1) is 10.6 Å². The van der Waals surface area contributed by atoms with E-state index in [4.69, 9.17) is 39.2 Å². The maximum Gasteiger partial charge on any atom is 0.162 e. The van der Waals surface area contributed by atoms with Gasteiger partial charge in [-0.05, 0) is 18.2 Å². The average Bonchev–Trinajstić information content (AvgIpc) is 2.77. The topological polar surface area (TPSA) is 38.9 Å². The lowest BCUT2D eigenvalue weighted by Crippen LogP contribution is -1.86. The Kier molecular flexibility index (Phi) is 2.90. The van der Waals surface area contributed by atoms with E-state index in [0.717, 1.165) is 5.39 Å². The summed E-state index contributed by atoms with van der Waals surface area (Å²) in [5.41, 5.74) is 1.20. The van der Waals surface area contributed by atoms with E-state index in [1.807, 2.05) is 18.2 Å². The van der Waals surface area contributed by atoms with Gasteiger partial charge in [0, 0.05) is 5.39 Å². The summed E-state index contributed by atoms with van der Waals surface area (Å²) in [5.74, 6) is 0.555. The molecule has 18 heavy (non-hydrogen) atoms. The average molecular weight is 300 g/mol. The van der Waals surface area contributed by atoms with E-state index in [-0.39, 0.29) is 10.3 Å². The van der Waals surface area contributed by atoms with Crippen molar-refractivity contribution in [2.24, 2.45) is 0 Å². The number of aromatic nitrogens is 2. The highest BCUT2D eigenvalue weighted by molar-refractivity contribution is 6.35. The zero-order chi connectivity index (χ0) is 12.7. The summed E-state index contributed by atoms with van der Waals surface area (Å²) >= 11 is 17.8. The van der Waals surface area contributed by atoms with Gasteiger partial charge in [-0.25, -0.2) is 0 Å². The molecular weight excluding hydrogens is 295 g/mol. The molecule has 2 heterocycles. The molecule has 0 spiro atoms. The second-order valence-electron chi connectivity index (χ2n) is 3.64. The summed E-state index contributed by atoms with van der Waals surface area (Å²) in [6, 6.07) is 8.95. The van der Waals surface area contributed by atoms with E-state index in [2.05, 4.69) is 10.2 Å². The number of benzene rings is 1. The Morgan fingerprint density at radius 3 is 2.61 bits per heavy atom. The highest BCUT2D eigenvalue weighted by Gasteiger charge is 2.13. The molecule has 0 fully saturated rings. The maximum absolute atomic E-state index is 6.05. The first kappa shape index (κ1) is 11.8. The normalized spacial score (nSPS) is 11.1. The van der Waals surface area contributed by atoms with Gasteiger partial charge in [-0.15, -0.1) is 10.2 Å². The van der Waals surface area contributed by atoms with Gasteiger partial charge < -0.3 is 4.42 Å². The van der Waals surface area contributed by atoms with E-state index in [1.54, 1.807) is 12.1 Å². The number of rotatable bonds is 1. The van der Waals surface area contributed by atoms with Crippen LogP contribution in [0.4, 0.5) is 0 Å². The van der Waals surface area contributed by atoms with Gasteiger partial charge in [-0.1, -0.05) is 46.9 Å². The Balaban J connectivity index is 2.26. The van der Waals surface area contributed by atoms with Gasteiger partial charge in [0.25, 0.3) is 0 Å². The van der Waals surface area contributed by atoms with E-state index >= 15 is 0 Å². The van der Waals surface area contributed by atoms with Gasteiger partial charge in [-0.3, -0.25) is 0 Å². The molecule has 0 radical (unpaired) electrons. The number of hydrogen-bond donors (Lipinski definition) is 0. The first-order valence-corrected chi connectivity index (χ1v) is 6.16. The van der Waals surface area contributed by atoms with Crippen LogP contribution in [0.2, 0.25) is 15.3 Å². The lowest BCUT2D eigenvalue weighted by Gasteiger charge is -1.98. The van der Waals surface area contributed by atoms with Gasteiger partial charge in [-0.2, -0.15) is 0 Å². The van der Waals surface area contributed by atoms with Gasteiger partial charge in [0.15, 0.2) is 15.9 Å². The highest BCUT2D eigenvalue weighted by Crippen LogP contribution is 2.34. The predicted molar refractivity (Wildman–Crippen MR) is 72.3 cm³/mol. The molecule has 0 saturated carbocycles. The molecule has 0 aliphatic rings. The van der Waals surface area contributed by atoms with Crippen molar-refractivity contribution in [1.82, 2.24) is 10.2 Å². The Morgan fingerprint density at radius 1 is 1.00 bits per heavy atom. The molecule has 0 amide bonds. The van der Waals surface area contributed by atoms with Gasteiger partial charge in [0.2, 0.25) is 0 Å². The minimum absolute atomic E-state index is 0.231. The van der Waals surface area contributed by atoms with Crippen molar-refractivity contribution in [3.05, 3.63) is 45.7 Å². The second kappa shape index (κ2) is 4.43. The molecule has 2 aromatic heterocycles. The van der Waals surface area contributed by atoms with Crippen molar-refractivity contribution < 1.29 is 4.42 Å².